The fraction of sp³-hybridized carbons (Fsp3) is 0.276. The monoisotopic (exact) mass is 454 g/mol. The molecule has 3 aromatic rings. The van der Waals surface area contributed by atoms with Gasteiger partial charge in [-0.05, 0) is 29.2 Å². The second kappa shape index (κ2) is 10.5. The summed E-state index contributed by atoms with van der Waals surface area (Å²) in [5, 5.41) is 9.37. The topological polar surface area (TPSA) is 70.0 Å². The lowest BCUT2D eigenvalue weighted by atomic mass is 9.93. The van der Waals surface area contributed by atoms with Gasteiger partial charge in [0.15, 0.2) is 0 Å². The van der Waals surface area contributed by atoms with Crippen molar-refractivity contribution in [2.75, 3.05) is 11.4 Å². The Morgan fingerprint density at radius 3 is 2.12 bits per heavy atom. The number of benzodiazepines with no additional fused rings is 1. The van der Waals surface area contributed by atoms with E-state index in [-0.39, 0.29) is 24.8 Å². The largest absolute Gasteiger partial charge is 0.481 e. The van der Waals surface area contributed by atoms with Crippen molar-refractivity contribution in [1.29, 1.82) is 0 Å². The number of anilines is 1. The van der Waals surface area contributed by atoms with Crippen molar-refractivity contribution < 1.29 is 14.7 Å². The van der Waals surface area contributed by atoms with E-state index in [1.807, 2.05) is 60.7 Å². The van der Waals surface area contributed by atoms with Crippen LogP contribution in [0.2, 0.25) is 0 Å². The zero-order valence-electron chi connectivity index (χ0n) is 19.6. The van der Waals surface area contributed by atoms with Crippen LogP contribution >= 0.6 is 0 Å². The van der Waals surface area contributed by atoms with Crippen molar-refractivity contribution >= 4 is 23.3 Å². The van der Waals surface area contributed by atoms with E-state index in [1.165, 1.54) is 0 Å². The number of amides is 1. The van der Waals surface area contributed by atoms with E-state index in [9.17, 15) is 14.7 Å². The molecule has 1 N–H and O–H groups in total. The first-order valence-electron chi connectivity index (χ1n) is 11.9. The predicted molar refractivity (Wildman–Crippen MR) is 136 cm³/mol. The standard InChI is InChI=1S/C29H30N2O3/c1-3-20(4-2)28-29(34)31(18-17-26(32)33)25-16-15-23(21-11-7-5-8-12-21)19-24(25)27(30-28)22-13-9-6-10-14-22/h5-16,19-20,28H,3-4,17-18H2,1-2H3,(H,32,33). The summed E-state index contributed by atoms with van der Waals surface area (Å²) in [7, 11) is 0. The van der Waals surface area contributed by atoms with E-state index in [2.05, 4.69) is 32.0 Å². The molecular weight excluding hydrogens is 424 g/mol. The van der Waals surface area contributed by atoms with Crippen LogP contribution in [0.4, 0.5) is 5.69 Å². The Hall–Kier alpha value is -3.73. The van der Waals surface area contributed by atoms with Gasteiger partial charge in [0, 0.05) is 17.7 Å². The van der Waals surface area contributed by atoms with Crippen molar-refractivity contribution in [2.45, 2.75) is 39.2 Å². The first-order valence-corrected chi connectivity index (χ1v) is 11.9. The molecule has 0 aromatic heterocycles. The molecule has 0 bridgehead atoms. The van der Waals surface area contributed by atoms with Gasteiger partial charge in [-0.25, -0.2) is 0 Å². The number of aliphatic carboxylic acids is 1. The summed E-state index contributed by atoms with van der Waals surface area (Å²) in [5.74, 6) is -0.987. The smallest absolute Gasteiger partial charge is 0.305 e. The van der Waals surface area contributed by atoms with Gasteiger partial charge in [-0.1, -0.05) is 93.4 Å². The van der Waals surface area contributed by atoms with E-state index >= 15 is 0 Å². The van der Waals surface area contributed by atoms with Gasteiger partial charge in [0.1, 0.15) is 6.04 Å². The number of hydrogen-bond acceptors (Lipinski definition) is 3. The highest BCUT2D eigenvalue weighted by atomic mass is 16.4. The fourth-order valence-corrected chi connectivity index (χ4v) is 4.62. The molecule has 0 radical (unpaired) electrons. The van der Waals surface area contributed by atoms with E-state index in [0.29, 0.717) is 5.69 Å². The van der Waals surface area contributed by atoms with Crippen LogP contribution in [0.15, 0.2) is 83.9 Å². The van der Waals surface area contributed by atoms with Gasteiger partial charge in [-0.2, -0.15) is 0 Å². The average molecular weight is 455 g/mol. The van der Waals surface area contributed by atoms with E-state index in [0.717, 1.165) is 40.8 Å². The minimum absolute atomic E-state index is 0.0708. The first kappa shape index (κ1) is 23.4. The minimum atomic E-state index is -0.928. The Bertz CT molecular complexity index is 1180. The predicted octanol–water partition coefficient (Wildman–Crippen LogP) is 5.82. The number of carboxylic acids is 1. The van der Waals surface area contributed by atoms with Crippen LogP contribution in [0.1, 0.15) is 44.2 Å². The SMILES string of the molecule is CCC(CC)C1N=C(c2ccccc2)c2cc(-c3ccccc3)ccc2N(CCC(=O)O)C1=O. The fourth-order valence-electron chi connectivity index (χ4n) is 4.62. The van der Waals surface area contributed by atoms with Crippen LogP contribution < -0.4 is 4.90 Å². The molecule has 5 nitrogen and oxygen atoms in total. The molecule has 1 heterocycles. The zero-order valence-corrected chi connectivity index (χ0v) is 19.6. The van der Waals surface area contributed by atoms with Gasteiger partial charge in [0.05, 0.1) is 17.8 Å². The molecule has 0 saturated carbocycles. The lowest BCUT2D eigenvalue weighted by molar-refractivity contribution is -0.136. The molecule has 1 unspecified atom stereocenters. The number of carboxylic acid groups (broad SMARTS) is 1. The van der Waals surface area contributed by atoms with Gasteiger partial charge in [-0.15, -0.1) is 0 Å². The highest BCUT2D eigenvalue weighted by Crippen LogP contribution is 2.35. The Kier molecular flexibility index (Phi) is 7.21. The number of benzene rings is 3. The Morgan fingerprint density at radius 1 is 0.912 bits per heavy atom. The second-order valence-corrected chi connectivity index (χ2v) is 8.60. The minimum Gasteiger partial charge on any atom is -0.481 e. The molecule has 4 rings (SSSR count). The van der Waals surface area contributed by atoms with E-state index in [4.69, 9.17) is 4.99 Å². The molecule has 0 spiro atoms. The summed E-state index contributed by atoms with van der Waals surface area (Å²) in [6.07, 6.45) is 1.51. The summed E-state index contributed by atoms with van der Waals surface area (Å²) in [6.45, 7) is 4.26. The maximum Gasteiger partial charge on any atom is 0.305 e. The Morgan fingerprint density at radius 2 is 1.53 bits per heavy atom. The third-order valence-corrected chi connectivity index (χ3v) is 6.53. The number of rotatable bonds is 8. The quantitative estimate of drug-likeness (QED) is 0.466. The summed E-state index contributed by atoms with van der Waals surface area (Å²) >= 11 is 0. The first-order chi connectivity index (χ1) is 16.5. The normalized spacial score (nSPS) is 15.6. The molecular formula is C29H30N2O3. The van der Waals surface area contributed by atoms with Crippen molar-refractivity contribution in [3.63, 3.8) is 0 Å². The van der Waals surface area contributed by atoms with Gasteiger partial charge < -0.3 is 10.0 Å². The van der Waals surface area contributed by atoms with Crippen molar-refractivity contribution in [1.82, 2.24) is 0 Å². The number of aliphatic imine (C=N–C) groups is 1. The molecule has 1 aliphatic heterocycles. The molecule has 5 heteroatoms. The van der Waals surface area contributed by atoms with Crippen LogP contribution in [-0.4, -0.2) is 35.3 Å². The summed E-state index contributed by atoms with van der Waals surface area (Å²) in [5.41, 5.74) is 5.37. The molecule has 0 fully saturated rings. The third-order valence-electron chi connectivity index (χ3n) is 6.53. The highest BCUT2D eigenvalue weighted by Gasteiger charge is 2.35. The van der Waals surface area contributed by atoms with Crippen LogP contribution in [0.25, 0.3) is 11.1 Å². The van der Waals surface area contributed by atoms with E-state index < -0.39 is 12.0 Å². The lowest BCUT2D eigenvalue weighted by Crippen LogP contribution is -2.42. The van der Waals surface area contributed by atoms with Crippen LogP contribution in [-0.2, 0) is 9.59 Å². The molecule has 34 heavy (non-hydrogen) atoms. The van der Waals surface area contributed by atoms with Crippen LogP contribution in [0, 0.1) is 5.92 Å². The molecule has 1 aliphatic rings. The van der Waals surface area contributed by atoms with Crippen LogP contribution in [0.3, 0.4) is 0 Å². The van der Waals surface area contributed by atoms with Gasteiger partial charge in [0.2, 0.25) is 0 Å². The summed E-state index contributed by atoms with van der Waals surface area (Å²) in [6, 6.07) is 25.5. The Balaban J connectivity index is 1.95. The third kappa shape index (κ3) is 4.79. The zero-order chi connectivity index (χ0) is 24.1. The van der Waals surface area contributed by atoms with Gasteiger partial charge in [-0.3, -0.25) is 14.6 Å². The van der Waals surface area contributed by atoms with Crippen molar-refractivity contribution in [2.24, 2.45) is 10.9 Å². The summed E-state index contributed by atoms with van der Waals surface area (Å²) in [4.78, 5) is 32.0. The number of carbonyl (C=O) groups excluding carboxylic acids is 1. The highest BCUT2D eigenvalue weighted by molar-refractivity contribution is 6.20. The molecule has 3 aromatic carbocycles. The number of fused-ring (bicyclic) bond motifs is 1. The van der Waals surface area contributed by atoms with E-state index in [1.54, 1.807) is 4.90 Å². The van der Waals surface area contributed by atoms with Crippen molar-refractivity contribution in [3.8, 4) is 11.1 Å². The second-order valence-electron chi connectivity index (χ2n) is 8.60. The molecule has 1 atom stereocenters. The lowest BCUT2D eigenvalue weighted by Gasteiger charge is -2.27. The Labute approximate surface area is 200 Å². The average Bonchev–Trinajstić information content (AvgIpc) is 2.99. The molecule has 0 saturated heterocycles. The van der Waals surface area contributed by atoms with Gasteiger partial charge >= 0.3 is 5.97 Å². The van der Waals surface area contributed by atoms with Gasteiger partial charge in [0.25, 0.3) is 5.91 Å². The number of nitrogens with zero attached hydrogens (tertiary/aromatic N) is 2. The molecule has 174 valence electrons. The maximum atomic E-state index is 13.8. The van der Waals surface area contributed by atoms with Crippen molar-refractivity contribution in [3.05, 3.63) is 90.0 Å². The number of carbonyl (C=O) groups is 2. The summed E-state index contributed by atoms with van der Waals surface area (Å²) < 4.78 is 0. The molecule has 1 amide bonds. The van der Waals surface area contributed by atoms with Crippen LogP contribution in [0.5, 0.6) is 0 Å². The number of hydrogen-bond donors (Lipinski definition) is 1. The molecule has 0 aliphatic carbocycles. The maximum absolute atomic E-state index is 13.8.